The van der Waals surface area contributed by atoms with Crippen LogP contribution >= 0.6 is 11.3 Å². The van der Waals surface area contributed by atoms with Gasteiger partial charge in [-0.2, -0.15) is 0 Å². The van der Waals surface area contributed by atoms with Gasteiger partial charge in [-0.05, 0) is 43.7 Å². The summed E-state index contributed by atoms with van der Waals surface area (Å²) in [6.45, 7) is 3.77. The van der Waals surface area contributed by atoms with Gasteiger partial charge < -0.3 is 4.90 Å². The van der Waals surface area contributed by atoms with Crippen LogP contribution in [-0.4, -0.2) is 17.4 Å². The Bertz CT molecular complexity index is 422. The van der Waals surface area contributed by atoms with E-state index in [1.807, 2.05) is 4.90 Å². The Morgan fingerprint density at radius 2 is 2.07 bits per heavy atom. The zero-order valence-corrected chi connectivity index (χ0v) is 9.82. The van der Waals surface area contributed by atoms with Crippen molar-refractivity contribution < 1.29 is 4.79 Å². The Kier molecular flexibility index (Phi) is 2.09. The van der Waals surface area contributed by atoms with Gasteiger partial charge in [0.1, 0.15) is 0 Å². The van der Waals surface area contributed by atoms with Crippen LogP contribution in [0.2, 0.25) is 0 Å². The van der Waals surface area contributed by atoms with Crippen LogP contribution in [0.5, 0.6) is 0 Å². The van der Waals surface area contributed by atoms with Crippen LogP contribution in [0.4, 0.5) is 0 Å². The Morgan fingerprint density at radius 3 is 2.87 bits per heavy atom. The minimum Gasteiger partial charge on any atom is -0.334 e. The smallest absolute Gasteiger partial charge is 0.264 e. The van der Waals surface area contributed by atoms with Gasteiger partial charge in [0.15, 0.2) is 0 Å². The summed E-state index contributed by atoms with van der Waals surface area (Å²) in [7, 11) is 0. The molecular formula is C12H15NOS. The molecule has 0 saturated heterocycles. The van der Waals surface area contributed by atoms with E-state index in [-0.39, 0.29) is 5.91 Å². The lowest BCUT2D eigenvalue weighted by atomic mass is 9.95. The third kappa shape index (κ3) is 1.26. The highest BCUT2D eigenvalue weighted by Gasteiger charge is 2.33. The van der Waals surface area contributed by atoms with E-state index in [0.717, 1.165) is 18.0 Å². The second-order valence-corrected chi connectivity index (χ2v) is 5.44. The number of carbonyl (C=O) groups excluding carboxylic acids is 1. The molecule has 0 aromatic carbocycles. The van der Waals surface area contributed by atoms with Gasteiger partial charge >= 0.3 is 0 Å². The Balaban J connectivity index is 2.06. The zero-order chi connectivity index (χ0) is 10.4. The molecule has 15 heavy (non-hydrogen) atoms. The van der Waals surface area contributed by atoms with Crippen molar-refractivity contribution in [2.45, 2.75) is 39.2 Å². The first kappa shape index (κ1) is 9.40. The average molecular weight is 221 g/mol. The molecular weight excluding hydrogens is 206 g/mol. The van der Waals surface area contributed by atoms with Crippen molar-refractivity contribution in [2.75, 3.05) is 6.54 Å². The number of amides is 1. The number of aryl methyl sites for hydroxylation is 1. The molecule has 0 N–H and O–H groups in total. The average Bonchev–Trinajstić information content (AvgIpc) is 2.76. The van der Waals surface area contributed by atoms with Gasteiger partial charge in [-0.1, -0.05) is 0 Å². The van der Waals surface area contributed by atoms with E-state index in [1.54, 1.807) is 11.3 Å². The van der Waals surface area contributed by atoms with Crippen LogP contribution in [0, 0.1) is 0 Å². The minimum atomic E-state index is 0.270. The minimum absolute atomic E-state index is 0.270. The lowest BCUT2D eigenvalue weighted by molar-refractivity contribution is 0.0790. The SMILES string of the molecule is CCN1Cc2c(sc3c2CCCC3)C1=O. The van der Waals surface area contributed by atoms with Crippen molar-refractivity contribution in [3.05, 3.63) is 20.9 Å². The predicted octanol–water partition coefficient (Wildman–Crippen LogP) is 2.60. The standard InChI is InChI=1S/C12H15NOS/c1-2-13-7-9-8-5-3-4-6-10(8)15-11(9)12(13)14/h2-7H2,1H3. The monoisotopic (exact) mass is 221 g/mol. The maximum absolute atomic E-state index is 12.0. The maximum Gasteiger partial charge on any atom is 0.264 e. The highest BCUT2D eigenvalue weighted by molar-refractivity contribution is 7.14. The molecule has 80 valence electrons. The Labute approximate surface area is 93.9 Å². The number of rotatable bonds is 1. The maximum atomic E-state index is 12.0. The molecule has 1 aromatic heterocycles. The molecule has 1 aliphatic carbocycles. The van der Waals surface area contributed by atoms with Crippen molar-refractivity contribution in [3.8, 4) is 0 Å². The first-order valence-corrected chi connectivity index (χ1v) is 6.55. The summed E-state index contributed by atoms with van der Waals surface area (Å²) in [5.41, 5.74) is 2.88. The molecule has 1 aromatic rings. The molecule has 3 rings (SSSR count). The molecule has 2 nitrogen and oxygen atoms in total. The summed E-state index contributed by atoms with van der Waals surface area (Å²) in [5.74, 6) is 0.270. The van der Waals surface area contributed by atoms with Gasteiger partial charge in [0.2, 0.25) is 0 Å². The summed E-state index contributed by atoms with van der Waals surface area (Å²) >= 11 is 1.76. The predicted molar refractivity (Wildman–Crippen MR) is 61.4 cm³/mol. The van der Waals surface area contributed by atoms with Gasteiger partial charge in [0.25, 0.3) is 5.91 Å². The molecule has 1 aliphatic heterocycles. The second-order valence-electron chi connectivity index (χ2n) is 4.34. The number of thiophene rings is 1. The molecule has 1 amide bonds. The quantitative estimate of drug-likeness (QED) is 0.714. The van der Waals surface area contributed by atoms with Crippen molar-refractivity contribution >= 4 is 17.2 Å². The van der Waals surface area contributed by atoms with Gasteiger partial charge in [0.05, 0.1) is 4.88 Å². The molecule has 0 atom stereocenters. The summed E-state index contributed by atoms with van der Waals surface area (Å²) < 4.78 is 0. The van der Waals surface area contributed by atoms with Crippen molar-refractivity contribution in [1.29, 1.82) is 0 Å². The number of fused-ring (bicyclic) bond motifs is 3. The number of hydrogen-bond donors (Lipinski definition) is 0. The topological polar surface area (TPSA) is 20.3 Å². The normalized spacial score (nSPS) is 19.3. The molecule has 2 heterocycles. The number of nitrogens with zero attached hydrogens (tertiary/aromatic N) is 1. The van der Waals surface area contributed by atoms with Crippen LogP contribution in [0.1, 0.15) is 45.4 Å². The van der Waals surface area contributed by atoms with Crippen LogP contribution in [0.3, 0.4) is 0 Å². The Hall–Kier alpha value is -0.830. The van der Waals surface area contributed by atoms with Crippen LogP contribution in [0.25, 0.3) is 0 Å². The summed E-state index contributed by atoms with van der Waals surface area (Å²) in [5, 5.41) is 0. The van der Waals surface area contributed by atoms with Crippen LogP contribution in [0.15, 0.2) is 0 Å². The van der Waals surface area contributed by atoms with E-state index in [1.165, 1.54) is 41.7 Å². The van der Waals surface area contributed by atoms with E-state index in [0.29, 0.717) is 0 Å². The van der Waals surface area contributed by atoms with E-state index >= 15 is 0 Å². The number of carbonyl (C=O) groups is 1. The molecule has 0 spiro atoms. The van der Waals surface area contributed by atoms with Crippen molar-refractivity contribution in [1.82, 2.24) is 4.90 Å². The molecule has 0 radical (unpaired) electrons. The van der Waals surface area contributed by atoms with Gasteiger partial charge in [0, 0.05) is 18.0 Å². The van der Waals surface area contributed by atoms with E-state index in [4.69, 9.17) is 0 Å². The summed E-state index contributed by atoms with van der Waals surface area (Å²) in [4.78, 5) is 16.5. The highest BCUT2D eigenvalue weighted by Crippen LogP contribution is 2.39. The molecule has 0 bridgehead atoms. The molecule has 0 fully saturated rings. The molecule has 0 saturated carbocycles. The molecule has 3 heteroatoms. The van der Waals surface area contributed by atoms with Crippen LogP contribution in [-0.2, 0) is 19.4 Å². The Morgan fingerprint density at radius 1 is 1.27 bits per heavy atom. The first-order valence-electron chi connectivity index (χ1n) is 5.74. The van der Waals surface area contributed by atoms with Gasteiger partial charge in [-0.15, -0.1) is 11.3 Å². The van der Waals surface area contributed by atoms with Gasteiger partial charge in [-0.3, -0.25) is 4.79 Å². The third-order valence-corrected chi connectivity index (χ3v) is 4.82. The van der Waals surface area contributed by atoms with Crippen molar-refractivity contribution in [3.63, 3.8) is 0 Å². The lowest BCUT2D eigenvalue weighted by Crippen LogP contribution is -2.23. The van der Waals surface area contributed by atoms with Gasteiger partial charge in [-0.25, -0.2) is 0 Å². The lowest BCUT2D eigenvalue weighted by Gasteiger charge is -2.16. The zero-order valence-electron chi connectivity index (χ0n) is 9.01. The molecule has 0 unspecified atom stereocenters. The fourth-order valence-electron chi connectivity index (χ4n) is 2.63. The fourth-order valence-corrected chi connectivity index (χ4v) is 4.00. The molecule has 2 aliphatic rings. The highest BCUT2D eigenvalue weighted by atomic mass is 32.1. The first-order chi connectivity index (χ1) is 7.31. The third-order valence-electron chi connectivity index (χ3n) is 3.49. The van der Waals surface area contributed by atoms with E-state index in [9.17, 15) is 4.79 Å². The van der Waals surface area contributed by atoms with Crippen molar-refractivity contribution in [2.24, 2.45) is 0 Å². The summed E-state index contributed by atoms with van der Waals surface area (Å²) in [6, 6.07) is 0. The van der Waals surface area contributed by atoms with E-state index < -0.39 is 0 Å². The largest absolute Gasteiger partial charge is 0.334 e. The fraction of sp³-hybridized carbons (Fsp3) is 0.583. The second kappa shape index (κ2) is 3.34. The number of hydrogen-bond acceptors (Lipinski definition) is 2. The van der Waals surface area contributed by atoms with E-state index in [2.05, 4.69) is 6.92 Å². The summed E-state index contributed by atoms with van der Waals surface area (Å²) in [6.07, 6.45) is 5.01. The van der Waals surface area contributed by atoms with Crippen LogP contribution < -0.4 is 0 Å².